The minimum Gasteiger partial charge on any atom is -0.391 e. The fourth-order valence-electron chi connectivity index (χ4n) is 2.85. The van der Waals surface area contributed by atoms with Crippen LogP contribution < -0.4 is 5.32 Å². The average molecular weight is 411 g/mol. The summed E-state index contributed by atoms with van der Waals surface area (Å²) in [5, 5.41) is 13.0. The van der Waals surface area contributed by atoms with Crippen molar-refractivity contribution in [1.29, 1.82) is 0 Å². The molecule has 7 heteroatoms. The van der Waals surface area contributed by atoms with Crippen LogP contribution in [0.15, 0.2) is 4.99 Å². The van der Waals surface area contributed by atoms with Crippen LogP contribution >= 0.6 is 24.0 Å². The minimum atomic E-state index is -0.206. The first-order valence-corrected chi connectivity index (χ1v) is 7.70. The van der Waals surface area contributed by atoms with Gasteiger partial charge < -0.3 is 20.2 Å². The van der Waals surface area contributed by atoms with Crippen LogP contribution in [0.25, 0.3) is 0 Å². The number of hydrogen-bond donors (Lipinski definition) is 2. The van der Waals surface area contributed by atoms with Gasteiger partial charge in [0.05, 0.1) is 12.6 Å². The van der Waals surface area contributed by atoms with E-state index >= 15 is 0 Å². The highest BCUT2D eigenvalue weighted by Crippen LogP contribution is 2.10. The van der Waals surface area contributed by atoms with E-state index in [0.717, 1.165) is 51.6 Å². The van der Waals surface area contributed by atoms with Crippen LogP contribution in [-0.4, -0.2) is 97.8 Å². The molecule has 2 aliphatic heterocycles. The van der Waals surface area contributed by atoms with Gasteiger partial charge in [0, 0.05) is 45.3 Å². The van der Waals surface area contributed by atoms with E-state index in [0.29, 0.717) is 12.6 Å². The van der Waals surface area contributed by atoms with Crippen molar-refractivity contribution in [3.05, 3.63) is 0 Å². The molecule has 2 atom stereocenters. The van der Waals surface area contributed by atoms with Gasteiger partial charge in [0.1, 0.15) is 0 Å². The van der Waals surface area contributed by atoms with E-state index in [1.165, 1.54) is 0 Å². The van der Waals surface area contributed by atoms with Gasteiger partial charge in [-0.2, -0.15) is 0 Å². The first-order valence-electron chi connectivity index (χ1n) is 7.70. The van der Waals surface area contributed by atoms with E-state index in [4.69, 9.17) is 4.99 Å². The number of hydrogen-bond acceptors (Lipinski definition) is 4. The summed E-state index contributed by atoms with van der Waals surface area (Å²) in [5.74, 6) is 0.950. The van der Waals surface area contributed by atoms with Crippen LogP contribution in [0, 0.1) is 0 Å². The number of guanidine groups is 1. The van der Waals surface area contributed by atoms with Crippen LogP contribution in [0.1, 0.15) is 13.3 Å². The van der Waals surface area contributed by atoms with Gasteiger partial charge in [-0.25, -0.2) is 0 Å². The third-order valence-electron chi connectivity index (χ3n) is 4.23. The van der Waals surface area contributed by atoms with Gasteiger partial charge >= 0.3 is 0 Å². The summed E-state index contributed by atoms with van der Waals surface area (Å²) in [5.41, 5.74) is 0. The lowest BCUT2D eigenvalue weighted by Crippen LogP contribution is -2.51. The van der Waals surface area contributed by atoms with Crippen molar-refractivity contribution in [2.45, 2.75) is 25.5 Å². The molecule has 1 unspecified atom stereocenters. The van der Waals surface area contributed by atoms with Crippen molar-refractivity contribution in [3.63, 3.8) is 0 Å². The number of nitrogens with one attached hydrogen (secondary N) is 1. The van der Waals surface area contributed by atoms with Gasteiger partial charge in [-0.1, -0.05) is 0 Å². The molecule has 21 heavy (non-hydrogen) atoms. The highest BCUT2D eigenvalue weighted by atomic mass is 127. The summed E-state index contributed by atoms with van der Waals surface area (Å²) in [6.45, 7) is 8.68. The number of nitrogens with zero attached hydrogens (tertiary/aromatic N) is 4. The van der Waals surface area contributed by atoms with Gasteiger partial charge in [-0.05, 0) is 27.4 Å². The van der Waals surface area contributed by atoms with Crippen molar-refractivity contribution in [2.24, 2.45) is 4.99 Å². The average Bonchev–Trinajstić information content (AvgIpc) is 2.84. The summed E-state index contributed by atoms with van der Waals surface area (Å²) in [7, 11) is 4.35. The zero-order valence-corrected chi connectivity index (χ0v) is 15.8. The predicted molar refractivity (Wildman–Crippen MR) is 97.5 cm³/mol. The standard InChI is InChI=1S/C14H29N5O.HI/c1-4-15-14(19-6-5-13(20)11-19)16-9-12-10-17(2)7-8-18(12)3;/h12-13,20H,4-11H2,1-3H3,(H,15,16);1H/t12?,13-;/m1./s1. The zero-order chi connectivity index (χ0) is 14.5. The number of piperazine rings is 1. The Morgan fingerprint density at radius 1 is 1.24 bits per heavy atom. The summed E-state index contributed by atoms with van der Waals surface area (Å²) in [6, 6.07) is 0.481. The van der Waals surface area contributed by atoms with E-state index in [1.807, 2.05) is 0 Å². The molecule has 0 radical (unpaired) electrons. The van der Waals surface area contributed by atoms with Crippen LogP contribution in [0.4, 0.5) is 0 Å². The maximum Gasteiger partial charge on any atom is 0.194 e. The minimum absolute atomic E-state index is 0. The van der Waals surface area contributed by atoms with Crippen molar-refractivity contribution in [3.8, 4) is 0 Å². The summed E-state index contributed by atoms with van der Waals surface area (Å²) in [6.07, 6.45) is 0.638. The monoisotopic (exact) mass is 411 g/mol. The fourth-order valence-corrected chi connectivity index (χ4v) is 2.85. The second-order valence-corrected chi connectivity index (χ2v) is 5.98. The SMILES string of the molecule is CCNC(=NCC1CN(C)CCN1C)N1CC[C@@H](O)C1.I. The largest absolute Gasteiger partial charge is 0.391 e. The normalized spacial score (nSPS) is 28.6. The molecular formula is C14H30IN5O. The summed E-state index contributed by atoms with van der Waals surface area (Å²) in [4.78, 5) is 11.7. The quantitative estimate of drug-likeness (QED) is 0.386. The zero-order valence-electron chi connectivity index (χ0n) is 13.5. The lowest BCUT2D eigenvalue weighted by atomic mass is 10.2. The Labute approximate surface area is 145 Å². The second-order valence-electron chi connectivity index (χ2n) is 5.98. The molecule has 2 rings (SSSR count). The molecule has 2 heterocycles. The first-order chi connectivity index (χ1) is 9.60. The molecular weight excluding hydrogens is 381 g/mol. The lowest BCUT2D eigenvalue weighted by Gasteiger charge is -2.37. The molecule has 0 aliphatic carbocycles. The summed E-state index contributed by atoms with van der Waals surface area (Å²) < 4.78 is 0. The lowest BCUT2D eigenvalue weighted by molar-refractivity contribution is 0.119. The second kappa shape index (κ2) is 9.12. The molecule has 0 aromatic rings. The van der Waals surface area contributed by atoms with Crippen molar-refractivity contribution < 1.29 is 5.11 Å². The Hall–Kier alpha value is -0.120. The molecule has 2 N–H and O–H groups in total. The number of halogens is 1. The number of likely N-dealkylation sites (tertiary alicyclic amines) is 1. The van der Waals surface area contributed by atoms with Gasteiger partial charge in [-0.3, -0.25) is 9.89 Å². The van der Waals surface area contributed by atoms with Gasteiger partial charge in [0.2, 0.25) is 0 Å². The highest BCUT2D eigenvalue weighted by molar-refractivity contribution is 14.0. The molecule has 0 spiro atoms. The van der Waals surface area contributed by atoms with Crippen molar-refractivity contribution >= 4 is 29.9 Å². The maximum absolute atomic E-state index is 9.67. The van der Waals surface area contributed by atoms with Crippen molar-refractivity contribution in [2.75, 3.05) is 59.9 Å². The molecule has 0 aromatic carbocycles. The molecule has 0 aromatic heterocycles. The third kappa shape index (κ3) is 5.54. The smallest absolute Gasteiger partial charge is 0.194 e. The number of rotatable bonds is 3. The first kappa shape index (κ1) is 18.9. The fraction of sp³-hybridized carbons (Fsp3) is 0.929. The number of likely N-dealkylation sites (N-methyl/N-ethyl adjacent to an activating group) is 2. The van der Waals surface area contributed by atoms with E-state index in [1.54, 1.807) is 0 Å². The van der Waals surface area contributed by atoms with Gasteiger partial charge in [-0.15, -0.1) is 24.0 Å². The van der Waals surface area contributed by atoms with Crippen LogP contribution in [0.3, 0.4) is 0 Å². The molecule has 2 saturated heterocycles. The highest BCUT2D eigenvalue weighted by Gasteiger charge is 2.25. The van der Waals surface area contributed by atoms with Crippen LogP contribution in [0.2, 0.25) is 0 Å². The topological polar surface area (TPSA) is 54.3 Å². The predicted octanol–water partition coefficient (Wildman–Crippen LogP) is -0.118. The Morgan fingerprint density at radius 2 is 2.00 bits per heavy atom. The molecule has 0 bridgehead atoms. The number of β-amino-alcohol motifs (C(OH)–C–C–N with tert-alkyl or cyclic N) is 1. The Morgan fingerprint density at radius 3 is 2.62 bits per heavy atom. The number of aliphatic hydroxyl groups excluding tert-OH is 1. The third-order valence-corrected chi connectivity index (χ3v) is 4.23. The number of aliphatic imine (C=N–C) groups is 1. The number of aliphatic hydroxyl groups is 1. The molecule has 6 nitrogen and oxygen atoms in total. The summed E-state index contributed by atoms with van der Waals surface area (Å²) >= 11 is 0. The van der Waals surface area contributed by atoms with Crippen LogP contribution in [-0.2, 0) is 0 Å². The van der Waals surface area contributed by atoms with Crippen LogP contribution in [0.5, 0.6) is 0 Å². The van der Waals surface area contributed by atoms with Gasteiger partial charge in [0.15, 0.2) is 5.96 Å². The van der Waals surface area contributed by atoms with E-state index in [-0.39, 0.29) is 30.1 Å². The molecule has 2 fully saturated rings. The Kier molecular flexibility index (Phi) is 8.22. The molecule has 124 valence electrons. The van der Waals surface area contributed by atoms with E-state index in [9.17, 15) is 5.11 Å². The molecule has 0 saturated carbocycles. The Bertz CT molecular complexity index is 341. The van der Waals surface area contributed by atoms with Crippen molar-refractivity contribution in [1.82, 2.24) is 20.0 Å². The molecule has 2 aliphatic rings. The van der Waals surface area contributed by atoms with E-state index in [2.05, 4.69) is 41.0 Å². The maximum atomic E-state index is 9.67. The van der Waals surface area contributed by atoms with E-state index < -0.39 is 0 Å². The van der Waals surface area contributed by atoms with Gasteiger partial charge in [0.25, 0.3) is 0 Å². The Balaban J connectivity index is 0.00000220. The molecule has 0 amide bonds.